The summed E-state index contributed by atoms with van der Waals surface area (Å²) in [7, 11) is -4.11. The summed E-state index contributed by atoms with van der Waals surface area (Å²) < 4.78 is 24.6. The lowest BCUT2D eigenvalue weighted by molar-refractivity contribution is 0.0671. The normalized spacial score (nSPS) is 14.2. The zero-order chi connectivity index (χ0) is 20.5. The van der Waals surface area contributed by atoms with Crippen molar-refractivity contribution in [3.63, 3.8) is 0 Å². The third-order valence-electron chi connectivity index (χ3n) is 4.01. The molecule has 1 aliphatic rings. The molecule has 2 N–H and O–H groups in total. The second-order valence-corrected chi connectivity index (χ2v) is 7.68. The molecule has 0 saturated heterocycles. The number of rotatable bonds is 6. The highest BCUT2D eigenvalue weighted by Crippen LogP contribution is 2.22. The van der Waals surface area contributed by atoms with E-state index in [-0.39, 0.29) is 33.8 Å². The SMILES string of the molecule is C/C(CN1C(=O)c2ccccc2C1=O)=N\NS(=O)(=O)c1cccc(C(=O)O)c1. The van der Waals surface area contributed by atoms with Crippen LogP contribution in [-0.4, -0.2) is 48.5 Å². The van der Waals surface area contributed by atoms with Crippen LogP contribution in [0, 0.1) is 0 Å². The highest BCUT2D eigenvalue weighted by Gasteiger charge is 2.35. The van der Waals surface area contributed by atoms with Crippen LogP contribution in [0.5, 0.6) is 0 Å². The number of amides is 2. The molecule has 0 aliphatic carbocycles. The lowest BCUT2D eigenvalue weighted by Gasteiger charge is -2.13. The van der Waals surface area contributed by atoms with Gasteiger partial charge in [-0.2, -0.15) is 13.5 Å². The molecule has 0 fully saturated rings. The molecule has 144 valence electrons. The van der Waals surface area contributed by atoms with E-state index in [0.717, 1.165) is 11.0 Å². The summed E-state index contributed by atoms with van der Waals surface area (Å²) in [4.78, 5) is 38.3. The molecule has 2 aromatic rings. The van der Waals surface area contributed by atoms with E-state index < -0.39 is 27.8 Å². The van der Waals surface area contributed by atoms with Crippen molar-refractivity contribution < 1.29 is 27.9 Å². The van der Waals surface area contributed by atoms with Crippen LogP contribution in [0.15, 0.2) is 58.5 Å². The van der Waals surface area contributed by atoms with Crippen molar-refractivity contribution in [1.29, 1.82) is 0 Å². The number of carbonyl (C=O) groups excluding carboxylic acids is 2. The number of hydrogen-bond donors (Lipinski definition) is 2. The fourth-order valence-corrected chi connectivity index (χ4v) is 3.56. The van der Waals surface area contributed by atoms with Crippen LogP contribution in [0.4, 0.5) is 0 Å². The molecule has 0 bridgehead atoms. The first-order valence-corrected chi connectivity index (χ1v) is 9.52. The summed E-state index contributed by atoms with van der Waals surface area (Å²) in [5, 5.41) is 12.7. The molecule has 0 saturated carbocycles. The van der Waals surface area contributed by atoms with Crippen LogP contribution < -0.4 is 4.83 Å². The molecule has 2 aromatic carbocycles. The molecular weight excluding hydrogens is 386 g/mol. The number of carboxylic acid groups (broad SMARTS) is 1. The van der Waals surface area contributed by atoms with Gasteiger partial charge < -0.3 is 5.11 Å². The maximum atomic E-state index is 12.3. The van der Waals surface area contributed by atoms with Crippen molar-refractivity contribution in [3.05, 3.63) is 65.2 Å². The van der Waals surface area contributed by atoms with Gasteiger partial charge in [0.2, 0.25) is 0 Å². The number of carboxylic acids is 1. The van der Waals surface area contributed by atoms with Crippen molar-refractivity contribution in [2.45, 2.75) is 11.8 Å². The molecule has 0 unspecified atom stereocenters. The Hall–Kier alpha value is -3.53. The first kappa shape index (κ1) is 19.2. The molecule has 0 spiro atoms. The van der Waals surface area contributed by atoms with Crippen molar-refractivity contribution in [2.75, 3.05) is 6.54 Å². The number of benzene rings is 2. The number of hydrazone groups is 1. The van der Waals surface area contributed by atoms with E-state index in [1.54, 1.807) is 24.3 Å². The molecular formula is C18H15N3O6S. The van der Waals surface area contributed by atoms with Crippen LogP contribution in [-0.2, 0) is 10.0 Å². The third kappa shape index (κ3) is 3.62. The summed E-state index contributed by atoms with van der Waals surface area (Å²) in [5.41, 5.74) is 0.555. The van der Waals surface area contributed by atoms with Crippen LogP contribution >= 0.6 is 0 Å². The van der Waals surface area contributed by atoms with Crippen molar-refractivity contribution >= 4 is 33.5 Å². The van der Waals surface area contributed by atoms with Gasteiger partial charge in [0.05, 0.1) is 33.8 Å². The first-order chi connectivity index (χ1) is 13.2. The standard InChI is InChI=1S/C18H15N3O6S/c1-11(10-21-16(22)14-7-2-3-8-15(14)17(21)23)19-20-28(26,27)13-6-4-5-12(9-13)18(24)25/h2-9,20H,10H2,1H3,(H,24,25)/b19-11+. The Kier molecular flexibility index (Phi) is 4.97. The van der Waals surface area contributed by atoms with Gasteiger partial charge >= 0.3 is 5.97 Å². The number of nitrogens with one attached hydrogen (secondary N) is 1. The fourth-order valence-electron chi connectivity index (χ4n) is 2.63. The maximum absolute atomic E-state index is 12.3. The van der Waals surface area contributed by atoms with Gasteiger partial charge in [-0.15, -0.1) is 0 Å². The zero-order valence-electron chi connectivity index (χ0n) is 14.6. The highest BCUT2D eigenvalue weighted by molar-refractivity contribution is 7.89. The van der Waals surface area contributed by atoms with E-state index in [1.807, 2.05) is 4.83 Å². The predicted octanol–water partition coefficient (Wildman–Crippen LogP) is 1.34. The minimum Gasteiger partial charge on any atom is -0.478 e. The minimum absolute atomic E-state index is 0.174. The van der Waals surface area contributed by atoms with Gasteiger partial charge in [0.1, 0.15) is 0 Å². The van der Waals surface area contributed by atoms with E-state index in [4.69, 9.17) is 5.11 Å². The molecule has 2 amide bonds. The van der Waals surface area contributed by atoms with Gasteiger partial charge in [-0.1, -0.05) is 18.2 Å². The Morgan fingerprint density at radius 3 is 2.25 bits per heavy atom. The Labute approximate surface area is 160 Å². The monoisotopic (exact) mass is 401 g/mol. The summed E-state index contributed by atoms with van der Waals surface area (Å²) in [6, 6.07) is 11.2. The molecule has 3 rings (SSSR count). The lowest BCUT2D eigenvalue weighted by Crippen LogP contribution is -2.35. The Morgan fingerprint density at radius 2 is 1.68 bits per heavy atom. The summed E-state index contributed by atoms with van der Waals surface area (Å²) >= 11 is 0. The van der Waals surface area contributed by atoms with Gasteiger partial charge in [-0.3, -0.25) is 14.5 Å². The first-order valence-electron chi connectivity index (χ1n) is 8.04. The number of aromatic carboxylic acids is 1. The fraction of sp³-hybridized carbons (Fsp3) is 0.111. The van der Waals surface area contributed by atoms with Crippen LogP contribution in [0.25, 0.3) is 0 Å². The largest absolute Gasteiger partial charge is 0.478 e. The van der Waals surface area contributed by atoms with E-state index in [2.05, 4.69) is 5.10 Å². The second kappa shape index (κ2) is 7.24. The average molecular weight is 401 g/mol. The average Bonchev–Trinajstić information content (AvgIpc) is 2.92. The Morgan fingerprint density at radius 1 is 1.07 bits per heavy atom. The van der Waals surface area contributed by atoms with Crippen LogP contribution in [0.3, 0.4) is 0 Å². The van der Waals surface area contributed by atoms with E-state index in [1.165, 1.54) is 25.1 Å². The van der Waals surface area contributed by atoms with Crippen LogP contribution in [0.1, 0.15) is 38.0 Å². The van der Waals surface area contributed by atoms with Crippen molar-refractivity contribution in [3.8, 4) is 0 Å². The molecule has 0 radical (unpaired) electrons. The minimum atomic E-state index is -4.11. The van der Waals surface area contributed by atoms with Crippen molar-refractivity contribution in [1.82, 2.24) is 9.73 Å². The summed E-state index contributed by atoms with van der Waals surface area (Å²) in [6.45, 7) is 1.27. The Balaban J connectivity index is 1.75. The number of nitrogens with zero attached hydrogens (tertiary/aromatic N) is 2. The number of hydrogen-bond acceptors (Lipinski definition) is 6. The van der Waals surface area contributed by atoms with Gasteiger partial charge in [0.15, 0.2) is 0 Å². The van der Waals surface area contributed by atoms with Gasteiger partial charge in [-0.05, 0) is 37.3 Å². The van der Waals surface area contributed by atoms with E-state index in [0.29, 0.717) is 0 Å². The summed E-state index contributed by atoms with van der Waals surface area (Å²) in [5.74, 6) is -2.22. The van der Waals surface area contributed by atoms with E-state index in [9.17, 15) is 22.8 Å². The predicted molar refractivity (Wildman–Crippen MR) is 98.6 cm³/mol. The number of sulfonamides is 1. The van der Waals surface area contributed by atoms with Gasteiger partial charge in [0.25, 0.3) is 21.8 Å². The molecule has 1 aliphatic heterocycles. The number of carbonyl (C=O) groups is 3. The number of imide groups is 1. The third-order valence-corrected chi connectivity index (χ3v) is 5.22. The molecule has 9 nitrogen and oxygen atoms in total. The van der Waals surface area contributed by atoms with E-state index >= 15 is 0 Å². The molecule has 28 heavy (non-hydrogen) atoms. The lowest BCUT2D eigenvalue weighted by atomic mass is 10.1. The Bertz CT molecular complexity index is 1090. The quantitative estimate of drug-likeness (QED) is 0.426. The molecule has 10 heteroatoms. The van der Waals surface area contributed by atoms with Gasteiger partial charge in [-0.25, -0.2) is 9.63 Å². The summed E-state index contributed by atoms with van der Waals surface area (Å²) in [6.07, 6.45) is 0. The molecule has 0 aromatic heterocycles. The van der Waals surface area contributed by atoms with Crippen molar-refractivity contribution in [2.24, 2.45) is 5.10 Å². The molecule has 0 atom stereocenters. The van der Waals surface area contributed by atoms with Gasteiger partial charge in [0, 0.05) is 0 Å². The zero-order valence-corrected chi connectivity index (χ0v) is 15.4. The second-order valence-electron chi connectivity index (χ2n) is 6.02. The highest BCUT2D eigenvalue weighted by atomic mass is 32.2. The maximum Gasteiger partial charge on any atom is 0.335 e. The molecule has 1 heterocycles. The smallest absolute Gasteiger partial charge is 0.335 e. The number of fused-ring (bicyclic) bond motifs is 1. The van der Waals surface area contributed by atoms with Crippen LogP contribution in [0.2, 0.25) is 0 Å². The topological polar surface area (TPSA) is 133 Å².